The highest BCUT2D eigenvalue weighted by atomic mass is 35.5. The molecule has 4 rings (SSSR count). The monoisotopic (exact) mass is 394 g/mol. The number of rotatable bonds is 5. The van der Waals surface area contributed by atoms with Crippen molar-refractivity contribution >= 4 is 49.8 Å². The number of fused-ring (bicyclic) bond motifs is 3. The number of carbonyl (C=O) groups excluding carboxylic acids is 1. The largest absolute Gasteiger partial charge is 0.351 e. The molecular weight excluding hydrogens is 376 g/mol. The lowest BCUT2D eigenvalue weighted by Gasteiger charge is -2.06. The highest BCUT2D eigenvalue weighted by Crippen LogP contribution is 2.41. The molecule has 0 radical (unpaired) electrons. The second kappa shape index (κ2) is 7.67. The summed E-state index contributed by atoms with van der Waals surface area (Å²) < 4.78 is 1.04. The molecule has 0 aliphatic carbocycles. The van der Waals surface area contributed by atoms with E-state index in [4.69, 9.17) is 11.6 Å². The second-order valence-electron chi connectivity index (χ2n) is 6.44. The predicted molar refractivity (Wildman–Crippen MR) is 115 cm³/mol. The topological polar surface area (TPSA) is 42.0 Å². The molecule has 0 aliphatic rings. The Morgan fingerprint density at radius 3 is 2.74 bits per heavy atom. The molecule has 1 amide bonds. The molecular formula is C22H19ClN2OS. The van der Waals surface area contributed by atoms with Gasteiger partial charge in [-0.25, -0.2) is 0 Å². The minimum absolute atomic E-state index is 0.0290. The van der Waals surface area contributed by atoms with E-state index < -0.39 is 0 Å². The predicted octanol–water partition coefficient (Wildman–Crippen LogP) is 6.30. The number of halogens is 1. The van der Waals surface area contributed by atoms with E-state index in [-0.39, 0.29) is 5.91 Å². The van der Waals surface area contributed by atoms with Crippen LogP contribution in [0.2, 0.25) is 5.02 Å². The smallest absolute Gasteiger partial charge is 0.262 e. The summed E-state index contributed by atoms with van der Waals surface area (Å²) in [6, 6.07) is 15.7. The lowest BCUT2D eigenvalue weighted by Crippen LogP contribution is -2.23. The van der Waals surface area contributed by atoms with E-state index in [0.717, 1.165) is 49.8 Å². The van der Waals surface area contributed by atoms with Crippen molar-refractivity contribution in [3.8, 4) is 11.1 Å². The average Bonchev–Trinajstić information content (AvgIpc) is 3.09. The summed E-state index contributed by atoms with van der Waals surface area (Å²) in [5.74, 6) is -0.0290. The van der Waals surface area contributed by atoms with Crippen molar-refractivity contribution in [3.63, 3.8) is 0 Å². The number of hydrogen-bond acceptors (Lipinski definition) is 3. The van der Waals surface area contributed by atoms with Gasteiger partial charge in [0.1, 0.15) is 4.88 Å². The van der Waals surface area contributed by atoms with E-state index >= 15 is 0 Å². The van der Waals surface area contributed by atoms with Crippen molar-refractivity contribution in [2.24, 2.45) is 0 Å². The van der Waals surface area contributed by atoms with Crippen LogP contribution in [0.25, 0.3) is 32.1 Å². The molecule has 0 fully saturated rings. The zero-order valence-corrected chi connectivity index (χ0v) is 16.5. The first-order valence-corrected chi connectivity index (χ1v) is 10.2. The van der Waals surface area contributed by atoms with E-state index in [1.165, 1.54) is 11.3 Å². The van der Waals surface area contributed by atoms with Crippen LogP contribution in [0.5, 0.6) is 0 Å². The minimum Gasteiger partial charge on any atom is -0.351 e. The van der Waals surface area contributed by atoms with Gasteiger partial charge in [-0.15, -0.1) is 11.3 Å². The molecule has 0 unspecified atom stereocenters. The first-order chi connectivity index (χ1) is 13.2. The Labute approximate surface area is 167 Å². The minimum atomic E-state index is -0.0290. The summed E-state index contributed by atoms with van der Waals surface area (Å²) >= 11 is 7.74. The zero-order chi connectivity index (χ0) is 18.8. The van der Waals surface area contributed by atoms with Crippen LogP contribution >= 0.6 is 22.9 Å². The Bertz CT molecular complexity index is 1120. The quantitative estimate of drug-likeness (QED) is 0.403. The number of nitrogens with one attached hydrogen (secondary N) is 1. The van der Waals surface area contributed by atoms with Gasteiger partial charge in [-0.2, -0.15) is 0 Å². The number of aromatic nitrogens is 1. The van der Waals surface area contributed by atoms with Crippen molar-refractivity contribution in [1.29, 1.82) is 0 Å². The molecule has 0 saturated carbocycles. The molecule has 2 heterocycles. The molecule has 1 N–H and O–H groups in total. The molecule has 3 nitrogen and oxygen atoms in total. The van der Waals surface area contributed by atoms with Gasteiger partial charge in [0.05, 0.1) is 5.52 Å². The third kappa shape index (κ3) is 3.43. The van der Waals surface area contributed by atoms with Gasteiger partial charge in [-0.3, -0.25) is 9.78 Å². The van der Waals surface area contributed by atoms with Gasteiger partial charge in [0, 0.05) is 38.8 Å². The van der Waals surface area contributed by atoms with Crippen molar-refractivity contribution in [2.75, 3.05) is 6.54 Å². The van der Waals surface area contributed by atoms with Crippen molar-refractivity contribution in [3.05, 3.63) is 64.6 Å². The first-order valence-electron chi connectivity index (χ1n) is 9.03. The normalized spacial score (nSPS) is 11.2. The summed E-state index contributed by atoms with van der Waals surface area (Å²) in [4.78, 5) is 18.3. The first kappa shape index (κ1) is 18.0. The fourth-order valence-electron chi connectivity index (χ4n) is 3.21. The molecule has 0 saturated heterocycles. The Morgan fingerprint density at radius 2 is 1.96 bits per heavy atom. The van der Waals surface area contributed by atoms with Crippen LogP contribution in [0.4, 0.5) is 0 Å². The van der Waals surface area contributed by atoms with Crippen LogP contribution < -0.4 is 5.32 Å². The Hall–Kier alpha value is -2.43. The molecule has 5 heteroatoms. The van der Waals surface area contributed by atoms with Crippen molar-refractivity contribution in [1.82, 2.24) is 10.3 Å². The summed E-state index contributed by atoms with van der Waals surface area (Å²) in [7, 11) is 0. The number of hydrogen-bond donors (Lipinski definition) is 1. The number of benzene rings is 2. The Balaban J connectivity index is 1.96. The van der Waals surface area contributed by atoms with Crippen LogP contribution in [0, 0.1) is 0 Å². The zero-order valence-electron chi connectivity index (χ0n) is 15.0. The highest BCUT2D eigenvalue weighted by Gasteiger charge is 2.21. The molecule has 27 heavy (non-hydrogen) atoms. The van der Waals surface area contributed by atoms with E-state index in [1.807, 2.05) is 54.7 Å². The number of pyridine rings is 1. The number of carbonyl (C=O) groups is 1. The van der Waals surface area contributed by atoms with Gasteiger partial charge in [0.25, 0.3) is 5.91 Å². The Morgan fingerprint density at radius 1 is 1.15 bits per heavy atom. The van der Waals surface area contributed by atoms with Crippen molar-refractivity contribution < 1.29 is 4.79 Å². The maximum absolute atomic E-state index is 12.9. The fraction of sp³-hybridized carbons (Fsp3) is 0.182. The van der Waals surface area contributed by atoms with Crippen LogP contribution in [0.1, 0.15) is 29.4 Å². The lowest BCUT2D eigenvalue weighted by atomic mass is 10.0. The van der Waals surface area contributed by atoms with Crippen molar-refractivity contribution in [2.45, 2.75) is 19.8 Å². The molecule has 136 valence electrons. The number of nitrogens with zero attached hydrogens (tertiary/aromatic N) is 1. The lowest BCUT2D eigenvalue weighted by molar-refractivity contribution is 0.0958. The van der Waals surface area contributed by atoms with E-state index in [2.05, 4.69) is 17.2 Å². The van der Waals surface area contributed by atoms with E-state index in [0.29, 0.717) is 11.6 Å². The van der Waals surface area contributed by atoms with Gasteiger partial charge < -0.3 is 5.32 Å². The summed E-state index contributed by atoms with van der Waals surface area (Å²) in [6.07, 6.45) is 3.88. The molecule has 0 aliphatic heterocycles. The van der Waals surface area contributed by atoms with Gasteiger partial charge in [0.15, 0.2) is 0 Å². The second-order valence-corrected chi connectivity index (χ2v) is 7.90. The van der Waals surface area contributed by atoms with Crippen LogP contribution in [0.15, 0.2) is 54.7 Å². The SMILES string of the molecule is CCCCNC(=O)c1sc2c(cnc3ccc(Cl)cc32)c1-c1ccccc1. The number of amides is 1. The summed E-state index contributed by atoms with van der Waals surface area (Å²) in [6.45, 7) is 2.80. The van der Waals surface area contributed by atoms with Gasteiger partial charge in [0.2, 0.25) is 0 Å². The number of thiophene rings is 1. The number of unbranched alkanes of at least 4 members (excludes halogenated alkanes) is 1. The van der Waals surface area contributed by atoms with E-state index in [9.17, 15) is 4.79 Å². The van der Waals surface area contributed by atoms with Gasteiger partial charge >= 0.3 is 0 Å². The van der Waals surface area contributed by atoms with E-state index in [1.54, 1.807) is 0 Å². The molecule has 0 spiro atoms. The molecule has 0 atom stereocenters. The molecule has 2 aromatic heterocycles. The third-order valence-corrected chi connectivity index (χ3v) is 6.04. The van der Waals surface area contributed by atoms with Crippen LogP contribution in [-0.4, -0.2) is 17.4 Å². The van der Waals surface area contributed by atoms with Gasteiger partial charge in [-0.1, -0.05) is 55.3 Å². The highest BCUT2D eigenvalue weighted by molar-refractivity contribution is 7.22. The standard InChI is InChI=1S/C22H19ClN2OS/c1-2-3-11-24-22(26)21-19(14-7-5-4-6-8-14)17-13-25-18-10-9-15(23)12-16(18)20(17)27-21/h4-10,12-13H,2-3,11H2,1H3,(H,24,26). The van der Waals surface area contributed by atoms with Gasteiger partial charge in [-0.05, 0) is 30.2 Å². The molecule has 0 bridgehead atoms. The Kier molecular flexibility index (Phi) is 5.10. The maximum Gasteiger partial charge on any atom is 0.262 e. The molecule has 4 aromatic rings. The average molecular weight is 395 g/mol. The summed E-state index contributed by atoms with van der Waals surface area (Å²) in [5, 5.41) is 5.69. The summed E-state index contributed by atoms with van der Waals surface area (Å²) in [5.41, 5.74) is 2.84. The molecule has 2 aromatic carbocycles. The third-order valence-electron chi connectivity index (χ3n) is 4.57. The van der Waals surface area contributed by atoms with Crippen LogP contribution in [-0.2, 0) is 0 Å². The van der Waals surface area contributed by atoms with Crippen LogP contribution in [0.3, 0.4) is 0 Å². The fourth-order valence-corrected chi connectivity index (χ4v) is 4.62. The maximum atomic E-state index is 12.9.